The van der Waals surface area contributed by atoms with Crippen LogP contribution in [0.15, 0.2) is 12.3 Å². The first-order valence-electron chi connectivity index (χ1n) is 6.90. The van der Waals surface area contributed by atoms with Gasteiger partial charge in [0.2, 0.25) is 0 Å². The first kappa shape index (κ1) is 14.7. The zero-order valence-corrected chi connectivity index (χ0v) is 11.3. The van der Waals surface area contributed by atoms with E-state index in [1.54, 1.807) is 0 Å². The number of rotatable bonds is 1. The van der Waals surface area contributed by atoms with Crippen LogP contribution >= 0.6 is 0 Å². The van der Waals surface area contributed by atoms with Crippen molar-refractivity contribution in [3.05, 3.63) is 29.3 Å². The lowest BCUT2D eigenvalue weighted by Crippen LogP contribution is -2.35. The quantitative estimate of drug-likeness (QED) is 0.742. The SMILES string of the molecule is Fc1cc(C(F)(F)F)cnc1C1CCC2(CC1)OCCO2. The predicted molar refractivity (Wildman–Crippen MR) is 65.0 cm³/mol. The average Bonchev–Trinajstić information content (AvgIpc) is 2.87. The van der Waals surface area contributed by atoms with Crippen molar-refractivity contribution in [3.63, 3.8) is 0 Å². The Bertz CT molecular complexity index is 516. The predicted octanol–water partition coefficient (Wildman–Crippen LogP) is 3.64. The molecule has 1 spiro atoms. The molecule has 21 heavy (non-hydrogen) atoms. The summed E-state index contributed by atoms with van der Waals surface area (Å²) in [5.41, 5.74) is -0.950. The van der Waals surface area contributed by atoms with Crippen LogP contribution in [0.1, 0.15) is 42.9 Å². The maximum absolute atomic E-state index is 13.9. The molecule has 0 amide bonds. The van der Waals surface area contributed by atoms with E-state index in [-0.39, 0.29) is 11.6 Å². The largest absolute Gasteiger partial charge is 0.417 e. The lowest BCUT2D eigenvalue weighted by Gasteiger charge is -2.35. The van der Waals surface area contributed by atoms with Gasteiger partial charge in [0.15, 0.2) is 5.79 Å². The van der Waals surface area contributed by atoms with E-state index < -0.39 is 23.3 Å². The highest BCUT2D eigenvalue weighted by Gasteiger charge is 2.41. The lowest BCUT2D eigenvalue weighted by molar-refractivity contribution is -0.179. The smallest absolute Gasteiger partial charge is 0.348 e. The molecule has 0 radical (unpaired) electrons. The highest BCUT2D eigenvalue weighted by molar-refractivity contribution is 5.22. The van der Waals surface area contributed by atoms with Gasteiger partial charge in [-0.3, -0.25) is 4.98 Å². The first-order valence-corrected chi connectivity index (χ1v) is 6.90. The maximum atomic E-state index is 13.9. The number of hydrogen-bond acceptors (Lipinski definition) is 3. The molecular weight excluding hydrogens is 290 g/mol. The van der Waals surface area contributed by atoms with Gasteiger partial charge in [0.25, 0.3) is 0 Å². The monoisotopic (exact) mass is 305 g/mol. The second-order valence-corrected chi connectivity index (χ2v) is 5.47. The lowest BCUT2D eigenvalue weighted by atomic mass is 9.82. The minimum Gasteiger partial charge on any atom is -0.348 e. The molecule has 2 fully saturated rings. The fourth-order valence-electron chi connectivity index (χ4n) is 3.02. The zero-order chi connectivity index (χ0) is 15.1. The van der Waals surface area contributed by atoms with Crippen LogP contribution in [0.5, 0.6) is 0 Å². The molecule has 3 rings (SSSR count). The van der Waals surface area contributed by atoms with E-state index >= 15 is 0 Å². The average molecular weight is 305 g/mol. The maximum Gasteiger partial charge on any atom is 0.417 e. The van der Waals surface area contributed by atoms with Gasteiger partial charge in [-0.05, 0) is 18.9 Å². The van der Waals surface area contributed by atoms with Crippen molar-refractivity contribution in [1.29, 1.82) is 0 Å². The second-order valence-electron chi connectivity index (χ2n) is 5.47. The van der Waals surface area contributed by atoms with E-state index in [9.17, 15) is 17.6 Å². The summed E-state index contributed by atoms with van der Waals surface area (Å²) in [5, 5.41) is 0. The summed E-state index contributed by atoms with van der Waals surface area (Å²) in [6.45, 7) is 1.11. The molecule has 1 saturated carbocycles. The van der Waals surface area contributed by atoms with Crippen molar-refractivity contribution >= 4 is 0 Å². The summed E-state index contributed by atoms with van der Waals surface area (Å²) in [4.78, 5) is 3.71. The number of hydrogen-bond donors (Lipinski definition) is 0. The van der Waals surface area contributed by atoms with E-state index in [1.165, 1.54) is 0 Å². The minimum atomic E-state index is -4.57. The van der Waals surface area contributed by atoms with Crippen molar-refractivity contribution in [2.45, 2.75) is 43.6 Å². The Morgan fingerprint density at radius 3 is 2.29 bits per heavy atom. The molecule has 0 unspecified atom stereocenters. The molecule has 116 valence electrons. The summed E-state index contributed by atoms with van der Waals surface area (Å²) in [6.07, 6.45) is -1.47. The van der Waals surface area contributed by atoms with E-state index in [1.807, 2.05) is 0 Å². The van der Waals surface area contributed by atoms with E-state index in [2.05, 4.69) is 4.98 Å². The van der Waals surface area contributed by atoms with Gasteiger partial charge in [-0.2, -0.15) is 13.2 Å². The molecule has 0 atom stereocenters. The fourth-order valence-corrected chi connectivity index (χ4v) is 3.02. The molecule has 0 aromatic carbocycles. The van der Waals surface area contributed by atoms with Crippen LogP contribution in [-0.4, -0.2) is 24.0 Å². The molecule has 0 N–H and O–H groups in total. The van der Waals surface area contributed by atoms with Crippen LogP contribution in [0.3, 0.4) is 0 Å². The van der Waals surface area contributed by atoms with Gasteiger partial charge in [0.1, 0.15) is 5.82 Å². The second kappa shape index (κ2) is 5.21. The minimum absolute atomic E-state index is 0.107. The topological polar surface area (TPSA) is 31.4 Å². The van der Waals surface area contributed by atoms with Gasteiger partial charge in [0, 0.05) is 25.0 Å². The van der Waals surface area contributed by atoms with E-state index in [4.69, 9.17) is 9.47 Å². The zero-order valence-electron chi connectivity index (χ0n) is 11.3. The fraction of sp³-hybridized carbons (Fsp3) is 0.643. The summed E-state index contributed by atoms with van der Waals surface area (Å²) < 4.78 is 62.6. The molecule has 2 aliphatic rings. The molecule has 0 bridgehead atoms. The summed E-state index contributed by atoms with van der Waals surface area (Å²) >= 11 is 0. The van der Waals surface area contributed by atoms with Gasteiger partial charge in [-0.25, -0.2) is 4.39 Å². The Kier molecular flexibility index (Phi) is 3.65. The van der Waals surface area contributed by atoms with Crippen molar-refractivity contribution in [2.24, 2.45) is 0 Å². The van der Waals surface area contributed by atoms with Crippen molar-refractivity contribution < 1.29 is 27.0 Å². The van der Waals surface area contributed by atoms with E-state index in [0.717, 1.165) is 0 Å². The van der Waals surface area contributed by atoms with Crippen LogP contribution in [-0.2, 0) is 15.7 Å². The normalized spacial score (nSPS) is 22.9. The van der Waals surface area contributed by atoms with Crippen molar-refractivity contribution in [2.75, 3.05) is 13.2 Å². The van der Waals surface area contributed by atoms with Crippen molar-refractivity contribution in [3.8, 4) is 0 Å². The summed E-state index contributed by atoms with van der Waals surface area (Å²) in [5.74, 6) is -1.65. The number of nitrogens with zero attached hydrogens (tertiary/aromatic N) is 1. The molecule has 1 aromatic heterocycles. The Morgan fingerprint density at radius 1 is 1.14 bits per heavy atom. The Balaban J connectivity index is 1.73. The molecule has 1 saturated heterocycles. The third-order valence-electron chi connectivity index (χ3n) is 4.14. The molecule has 1 aromatic rings. The van der Waals surface area contributed by atoms with Crippen LogP contribution in [0.25, 0.3) is 0 Å². The van der Waals surface area contributed by atoms with Crippen LogP contribution in [0.4, 0.5) is 17.6 Å². The van der Waals surface area contributed by atoms with E-state index in [0.29, 0.717) is 51.2 Å². The van der Waals surface area contributed by atoms with Gasteiger partial charge in [-0.1, -0.05) is 0 Å². The number of alkyl halides is 3. The molecular formula is C14H15F4NO2. The molecule has 2 heterocycles. The van der Waals surface area contributed by atoms with Crippen LogP contribution in [0, 0.1) is 5.82 Å². The van der Waals surface area contributed by atoms with Gasteiger partial charge in [0.05, 0.1) is 24.5 Å². The number of pyridine rings is 1. The Labute approximate surface area is 119 Å². The summed E-state index contributed by atoms with van der Waals surface area (Å²) in [7, 11) is 0. The highest BCUT2D eigenvalue weighted by atomic mass is 19.4. The third-order valence-corrected chi connectivity index (χ3v) is 4.14. The highest BCUT2D eigenvalue weighted by Crippen LogP contribution is 2.42. The van der Waals surface area contributed by atoms with Gasteiger partial charge in [-0.15, -0.1) is 0 Å². The Morgan fingerprint density at radius 2 is 1.76 bits per heavy atom. The number of aromatic nitrogens is 1. The third kappa shape index (κ3) is 2.89. The molecule has 7 heteroatoms. The van der Waals surface area contributed by atoms with Gasteiger partial charge >= 0.3 is 6.18 Å². The molecule has 1 aliphatic heterocycles. The first-order chi connectivity index (χ1) is 9.90. The Hall–Kier alpha value is -1.21. The molecule has 3 nitrogen and oxygen atoms in total. The number of halogens is 4. The molecule has 1 aliphatic carbocycles. The standard InChI is InChI=1S/C14H15F4NO2/c15-11-7-10(14(16,17)18)8-19-12(11)9-1-3-13(4-2-9)20-5-6-21-13/h7-9H,1-6H2. The van der Waals surface area contributed by atoms with Crippen LogP contribution < -0.4 is 0 Å². The number of ether oxygens (including phenoxy) is 2. The van der Waals surface area contributed by atoms with Crippen LogP contribution in [0.2, 0.25) is 0 Å². The summed E-state index contributed by atoms with van der Waals surface area (Å²) in [6, 6.07) is 0.523. The van der Waals surface area contributed by atoms with Crippen molar-refractivity contribution in [1.82, 2.24) is 4.98 Å². The van der Waals surface area contributed by atoms with Gasteiger partial charge < -0.3 is 9.47 Å².